The Bertz CT molecular complexity index is 1250. The third-order valence-electron chi connectivity index (χ3n) is 6.67. The van der Waals surface area contributed by atoms with Gasteiger partial charge in [0, 0.05) is 32.1 Å². The highest BCUT2D eigenvalue weighted by Crippen LogP contribution is 2.34. The maximum absolute atomic E-state index is 13.6. The van der Waals surface area contributed by atoms with Gasteiger partial charge in [0.2, 0.25) is 21.8 Å². The van der Waals surface area contributed by atoms with Crippen molar-refractivity contribution < 1.29 is 32.2 Å². The highest BCUT2D eigenvalue weighted by molar-refractivity contribution is 7.92. The van der Waals surface area contributed by atoms with Crippen molar-refractivity contribution >= 4 is 27.5 Å². The Labute approximate surface area is 237 Å². The molecule has 2 amide bonds. The van der Waals surface area contributed by atoms with Crippen LogP contribution in [0.2, 0.25) is 0 Å². The number of hydrogen-bond acceptors (Lipinski definition) is 7. The fourth-order valence-corrected chi connectivity index (χ4v) is 5.54. The normalized spacial score (nSPS) is 13.3. The molecule has 1 aliphatic heterocycles. The molecule has 2 aromatic carbocycles. The molecule has 40 heavy (non-hydrogen) atoms. The second-order valence-corrected chi connectivity index (χ2v) is 11.6. The molecule has 0 saturated heterocycles. The topological polar surface area (TPSA) is 114 Å². The van der Waals surface area contributed by atoms with Gasteiger partial charge in [0.25, 0.3) is 0 Å². The fourth-order valence-electron chi connectivity index (χ4n) is 4.58. The lowest BCUT2D eigenvalue weighted by Gasteiger charge is -2.31. The van der Waals surface area contributed by atoms with Gasteiger partial charge in [0.05, 0.1) is 19.1 Å². The molecular formula is C29H41N3O7S. The average molecular weight is 576 g/mol. The molecule has 0 aromatic heterocycles. The van der Waals surface area contributed by atoms with Crippen molar-refractivity contribution in [2.75, 3.05) is 44.0 Å². The number of nitrogens with one attached hydrogen (secondary N) is 1. The Kier molecular flexibility index (Phi) is 11.5. The number of fused-ring (bicyclic) bond motifs is 1. The van der Waals surface area contributed by atoms with E-state index < -0.39 is 16.1 Å². The lowest BCUT2D eigenvalue weighted by molar-refractivity contribution is -0.141. The van der Waals surface area contributed by atoms with E-state index in [9.17, 15) is 18.0 Å². The van der Waals surface area contributed by atoms with Gasteiger partial charge in [0.1, 0.15) is 25.0 Å². The third kappa shape index (κ3) is 8.51. The highest BCUT2D eigenvalue weighted by atomic mass is 32.2. The number of benzene rings is 2. The maximum atomic E-state index is 13.6. The van der Waals surface area contributed by atoms with E-state index in [4.69, 9.17) is 14.2 Å². The van der Waals surface area contributed by atoms with E-state index in [1.54, 1.807) is 30.2 Å². The lowest BCUT2D eigenvalue weighted by atomic mass is 10.1. The Hall–Kier alpha value is -3.47. The predicted octanol–water partition coefficient (Wildman–Crippen LogP) is 3.74. The molecule has 0 fully saturated rings. The summed E-state index contributed by atoms with van der Waals surface area (Å²) in [5.74, 6) is 1.29. The molecule has 0 unspecified atom stereocenters. The Morgan fingerprint density at radius 2 is 1.80 bits per heavy atom. The summed E-state index contributed by atoms with van der Waals surface area (Å²) in [7, 11) is -2.06. The van der Waals surface area contributed by atoms with Gasteiger partial charge in [0.15, 0.2) is 11.5 Å². The van der Waals surface area contributed by atoms with Gasteiger partial charge >= 0.3 is 0 Å². The van der Waals surface area contributed by atoms with E-state index in [0.29, 0.717) is 49.1 Å². The zero-order valence-corrected chi connectivity index (χ0v) is 24.7. The molecule has 0 saturated carbocycles. The first-order chi connectivity index (χ1) is 19.2. The fraction of sp³-hybridized carbons (Fsp3) is 0.517. The second kappa shape index (κ2) is 14.8. The van der Waals surface area contributed by atoms with Crippen molar-refractivity contribution in [3.63, 3.8) is 0 Å². The SMILES string of the molecule is CCCCNC(=O)[C@H](CC)N(Cc1cccc(OC)c1)C(=O)CCCN(c1ccc2c(c1)OCCO2)S(C)(=O)=O. The number of carbonyl (C=O) groups excluding carboxylic acids is 2. The van der Waals surface area contributed by atoms with E-state index >= 15 is 0 Å². The van der Waals surface area contributed by atoms with E-state index in [0.717, 1.165) is 24.7 Å². The van der Waals surface area contributed by atoms with Crippen LogP contribution in [0.5, 0.6) is 17.2 Å². The molecule has 1 atom stereocenters. The van der Waals surface area contributed by atoms with Crippen molar-refractivity contribution in [3.05, 3.63) is 48.0 Å². The highest BCUT2D eigenvalue weighted by Gasteiger charge is 2.29. The van der Waals surface area contributed by atoms with E-state index in [2.05, 4.69) is 5.32 Å². The molecule has 0 spiro atoms. The first kappa shape index (κ1) is 31.1. The summed E-state index contributed by atoms with van der Waals surface area (Å²) in [6, 6.07) is 11.7. The monoisotopic (exact) mass is 575 g/mol. The van der Waals surface area contributed by atoms with Gasteiger partial charge in [-0.3, -0.25) is 13.9 Å². The zero-order chi connectivity index (χ0) is 29.1. The van der Waals surface area contributed by atoms with Crippen molar-refractivity contribution in [1.29, 1.82) is 0 Å². The number of amides is 2. The van der Waals surface area contributed by atoms with Crippen LogP contribution in [0, 0.1) is 0 Å². The van der Waals surface area contributed by atoms with Crippen LogP contribution in [0.25, 0.3) is 0 Å². The summed E-state index contributed by atoms with van der Waals surface area (Å²) >= 11 is 0. The molecule has 11 heteroatoms. The number of ether oxygens (including phenoxy) is 3. The van der Waals surface area contributed by atoms with E-state index in [1.807, 2.05) is 38.1 Å². The van der Waals surface area contributed by atoms with Crippen LogP contribution in [0.15, 0.2) is 42.5 Å². The van der Waals surface area contributed by atoms with Gasteiger partial charge in [-0.2, -0.15) is 0 Å². The lowest BCUT2D eigenvalue weighted by Crippen LogP contribution is -2.49. The van der Waals surface area contributed by atoms with Crippen molar-refractivity contribution in [1.82, 2.24) is 10.2 Å². The first-order valence-corrected chi connectivity index (χ1v) is 15.6. The molecule has 0 bridgehead atoms. The zero-order valence-electron chi connectivity index (χ0n) is 23.9. The minimum atomic E-state index is -3.63. The van der Waals surface area contributed by atoms with Crippen LogP contribution >= 0.6 is 0 Å². The first-order valence-electron chi connectivity index (χ1n) is 13.7. The maximum Gasteiger partial charge on any atom is 0.242 e. The molecule has 1 N–H and O–H groups in total. The summed E-state index contributed by atoms with van der Waals surface area (Å²) in [5.41, 5.74) is 1.27. The largest absolute Gasteiger partial charge is 0.497 e. The number of hydrogen-bond donors (Lipinski definition) is 1. The van der Waals surface area contributed by atoms with Crippen LogP contribution < -0.4 is 23.8 Å². The van der Waals surface area contributed by atoms with Gasteiger partial charge in [-0.1, -0.05) is 32.4 Å². The Morgan fingerprint density at radius 3 is 2.48 bits per heavy atom. The van der Waals surface area contributed by atoms with Crippen LogP contribution in [-0.4, -0.2) is 70.8 Å². The van der Waals surface area contributed by atoms with Crippen LogP contribution in [0.3, 0.4) is 0 Å². The molecule has 1 heterocycles. The summed E-state index contributed by atoms with van der Waals surface area (Å²) in [6.45, 7) is 5.62. The summed E-state index contributed by atoms with van der Waals surface area (Å²) < 4.78 is 43.1. The number of anilines is 1. The molecule has 3 rings (SSSR count). The van der Waals surface area contributed by atoms with E-state index in [1.165, 1.54) is 4.31 Å². The quantitative estimate of drug-likeness (QED) is 0.322. The minimum absolute atomic E-state index is 0.0687. The molecular weight excluding hydrogens is 534 g/mol. The number of sulfonamides is 1. The molecule has 220 valence electrons. The summed E-state index contributed by atoms with van der Waals surface area (Å²) in [5, 5.41) is 2.95. The predicted molar refractivity (Wildman–Crippen MR) is 154 cm³/mol. The number of methoxy groups -OCH3 is 1. The molecule has 2 aromatic rings. The number of carbonyl (C=O) groups is 2. The molecule has 0 radical (unpaired) electrons. The van der Waals surface area contributed by atoms with Crippen LogP contribution in [-0.2, 0) is 26.2 Å². The average Bonchev–Trinajstić information content (AvgIpc) is 2.94. The Balaban J connectivity index is 1.76. The molecule has 1 aliphatic rings. The summed E-state index contributed by atoms with van der Waals surface area (Å²) in [4.78, 5) is 28.3. The van der Waals surface area contributed by atoms with Crippen LogP contribution in [0.4, 0.5) is 5.69 Å². The summed E-state index contributed by atoms with van der Waals surface area (Å²) in [6.07, 6.45) is 3.72. The van der Waals surface area contributed by atoms with Crippen molar-refractivity contribution in [3.8, 4) is 17.2 Å². The van der Waals surface area contributed by atoms with Gasteiger partial charge in [-0.05, 0) is 49.1 Å². The van der Waals surface area contributed by atoms with Gasteiger partial charge < -0.3 is 24.4 Å². The van der Waals surface area contributed by atoms with E-state index in [-0.39, 0.29) is 37.7 Å². The Morgan fingerprint density at radius 1 is 1.05 bits per heavy atom. The second-order valence-electron chi connectivity index (χ2n) is 9.71. The smallest absolute Gasteiger partial charge is 0.242 e. The van der Waals surface area contributed by atoms with Gasteiger partial charge in [-0.25, -0.2) is 8.42 Å². The van der Waals surface area contributed by atoms with Crippen molar-refractivity contribution in [2.24, 2.45) is 0 Å². The standard InChI is InChI=1S/C29H41N3O7S/c1-5-7-15-30-29(34)25(6-2)31(21-22-10-8-11-24(19-22)37-3)28(33)12-9-16-32(40(4,35)36)23-13-14-26-27(20-23)39-18-17-38-26/h8,10-11,13-14,19-20,25H,5-7,9,12,15-18,21H2,1-4H3,(H,30,34)/t25-/m0/s1. The number of nitrogens with zero attached hydrogens (tertiary/aromatic N) is 2. The molecule has 10 nitrogen and oxygen atoms in total. The van der Waals surface area contributed by atoms with Crippen LogP contribution in [0.1, 0.15) is 51.5 Å². The number of rotatable bonds is 15. The van der Waals surface area contributed by atoms with Crippen molar-refractivity contribution in [2.45, 2.75) is 58.5 Å². The minimum Gasteiger partial charge on any atom is -0.497 e. The molecule has 0 aliphatic carbocycles. The number of unbranched alkanes of at least 4 members (excludes halogenated alkanes) is 1. The third-order valence-corrected chi connectivity index (χ3v) is 7.86. The van der Waals surface area contributed by atoms with Gasteiger partial charge in [-0.15, -0.1) is 0 Å².